The molecular formula is C15H12N4O4S. The second-order valence-electron chi connectivity index (χ2n) is 5.15. The van der Waals surface area contributed by atoms with Crippen molar-refractivity contribution in [2.24, 2.45) is 0 Å². The highest BCUT2D eigenvalue weighted by Crippen LogP contribution is 2.35. The van der Waals surface area contributed by atoms with Gasteiger partial charge in [-0.2, -0.15) is 14.8 Å². The lowest BCUT2D eigenvalue weighted by Gasteiger charge is -2.26. The summed E-state index contributed by atoms with van der Waals surface area (Å²) < 4.78 is 31.9. The van der Waals surface area contributed by atoms with Gasteiger partial charge in [-0.25, -0.2) is 8.42 Å². The number of carbonyl (C=O) groups is 1. The maximum atomic E-state index is 12.7. The SMILES string of the molecule is N#CC(C#N)=C1C(=O)Nc2ccc(S(=O)(=O)N3CCOCC3)cc21. The Bertz CT molecular complexity index is 915. The Kier molecular flexibility index (Phi) is 4.08. The molecule has 2 heterocycles. The van der Waals surface area contributed by atoms with E-state index in [9.17, 15) is 13.2 Å². The summed E-state index contributed by atoms with van der Waals surface area (Å²) in [4.78, 5) is 12.0. The first-order chi connectivity index (χ1) is 11.5. The Morgan fingerprint density at radius 2 is 1.88 bits per heavy atom. The molecule has 2 aliphatic heterocycles. The van der Waals surface area contributed by atoms with Gasteiger partial charge in [-0.15, -0.1) is 0 Å². The van der Waals surface area contributed by atoms with Crippen molar-refractivity contribution in [2.75, 3.05) is 31.6 Å². The van der Waals surface area contributed by atoms with Crippen molar-refractivity contribution >= 4 is 27.2 Å². The first-order valence-electron chi connectivity index (χ1n) is 7.07. The normalized spacial score (nSPS) is 17.6. The van der Waals surface area contributed by atoms with Crippen molar-refractivity contribution in [1.29, 1.82) is 10.5 Å². The van der Waals surface area contributed by atoms with E-state index in [1.165, 1.54) is 22.5 Å². The zero-order valence-electron chi connectivity index (χ0n) is 12.4. The minimum Gasteiger partial charge on any atom is -0.379 e. The predicted molar refractivity (Wildman–Crippen MR) is 82.8 cm³/mol. The van der Waals surface area contributed by atoms with Gasteiger partial charge in [0.15, 0.2) is 0 Å². The second-order valence-corrected chi connectivity index (χ2v) is 7.09. The smallest absolute Gasteiger partial charge is 0.258 e. The molecule has 1 aromatic carbocycles. The van der Waals surface area contributed by atoms with Crippen molar-refractivity contribution in [1.82, 2.24) is 4.31 Å². The highest BCUT2D eigenvalue weighted by molar-refractivity contribution is 7.89. The Morgan fingerprint density at radius 3 is 2.50 bits per heavy atom. The molecule has 0 atom stereocenters. The third-order valence-electron chi connectivity index (χ3n) is 3.82. The molecular weight excluding hydrogens is 332 g/mol. The molecule has 0 bridgehead atoms. The predicted octanol–water partition coefficient (Wildman–Crippen LogP) is 0.460. The molecule has 0 radical (unpaired) electrons. The first-order valence-corrected chi connectivity index (χ1v) is 8.51. The van der Waals surface area contributed by atoms with E-state index in [2.05, 4.69) is 5.32 Å². The highest BCUT2D eigenvalue weighted by Gasteiger charge is 2.32. The summed E-state index contributed by atoms with van der Waals surface area (Å²) in [5, 5.41) is 20.6. The van der Waals surface area contributed by atoms with E-state index < -0.39 is 15.9 Å². The van der Waals surface area contributed by atoms with Crippen molar-refractivity contribution in [3.8, 4) is 12.1 Å². The number of hydrogen-bond donors (Lipinski definition) is 1. The number of ether oxygens (including phenoxy) is 1. The summed E-state index contributed by atoms with van der Waals surface area (Å²) in [7, 11) is -3.74. The Labute approximate surface area is 138 Å². The molecule has 1 amide bonds. The van der Waals surface area contributed by atoms with Crippen LogP contribution in [0.3, 0.4) is 0 Å². The van der Waals surface area contributed by atoms with E-state index in [0.29, 0.717) is 18.9 Å². The van der Waals surface area contributed by atoms with Crippen molar-refractivity contribution in [3.05, 3.63) is 29.3 Å². The lowest BCUT2D eigenvalue weighted by atomic mass is 10.0. The summed E-state index contributed by atoms with van der Waals surface area (Å²) in [6, 6.07) is 7.51. The van der Waals surface area contributed by atoms with Crippen LogP contribution in [0.1, 0.15) is 5.56 Å². The fraction of sp³-hybridized carbons (Fsp3) is 0.267. The molecule has 0 unspecified atom stereocenters. The quantitative estimate of drug-likeness (QED) is 0.614. The van der Waals surface area contributed by atoms with Gasteiger partial charge in [-0.05, 0) is 18.2 Å². The number of morpholine rings is 1. The second kappa shape index (κ2) is 6.06. The van der Waals surface area contributed by atoms with E-state index in [1.54, 1.807) is 12.1 Å². The number of allylic oxidation sites excluding steroid dienone is 1. The van der Waals surface area contributed by atoms with Crippen LogP contribution in [-0.4, -0.2) is 44.9 Å². The van der Waals surface area contributed by atoms with Gasteiger partial charge in [-0.1, -0.05) is 0 Å². The molecule has 1 aromatic rings. The summed E-state index contributed by atoms with van der Waals surface area (Å²) in [6.45, 7) is 1.15. The maximum absolute atomic E-state index is 12.7. The fourth-order valence-electron chi connectivity index (χ4n) is 2.63. The Hall–Kier alpha value is -2.72. The zero-order chi connectivity index (χ0) is 17.3. The van der Waals surface area contributed by atoms with Gasteiger partial charge in [0.25, 0.3) is 5.91 Å². The summed E-state index contributed by atoms with van der Waals surface area (Å²) in [6.07, 6.45) is 0. The molecule has 3 rings (SSSR count). The number of sulfonamides is 1. The number of rotatable bonds is 2. The molecule has 0 aromatic heterocycles. The number of nitrogens with zero attached hydrogens (tertiary/aromatic N) is 3. The first kappa shape index (κ1) is 16.1. The molecule has 24 heavy (non-hydrogen) atoms. The van der Waals surface area contributed by atoms with Crippen LogP contribution < -0.4 is 5.32 Å². The van der Waals surface area contributed by atoms with Crippen molar-refractivity contribution in [3.63, 3.8) is 0 Å². The van der Waals surface area contributed by atoms with Gasteiger partial charge >= 0.3 is 0 Å². The molecule has 0 spiro atoms. The van der Waals surface area contributed by atoms with Crippen LogP contribution in [-0.2, 0) is 19.6 Å². The number of fused-ring (bicyclic) bond motifs is 1. The van der Waals surface area contributed by atoms with Gasteiger partial charge in [0.05, 0.1) is 23.7 Å². The summed E-state index contributed by atoms with van der Waals surface area (Å²) in [5.74, 6) is -0.593. The highest BCUT2D eigenvalue weighted by atomic mass is 32.2. The minimum absolute atomic E-state index is 0.00683. The van der Waals surface area contributed by atoms with Crippen molar-refractivity contribution < 1.29 is 17.9 Å². The van der Waals surface area contributed by atoms with Crippen LogP contribution in [0.5, 0.6) is 0 Å². The molecule has 8 nitrogen and oxygen atoms in total. The van der Waals surface area contributed by atoms with Crippen LogP contribution >= 0.6 is 0 Å². The number of nitriles is 2. The molecule has 1 saturated heterocycles. The lowest BCUT2D eigenvalue weighted by Crippen LogP contribution is -2.40. The number of benzene rings is 1. The molecule has 2 aliphatic rings. The molecule has 122 valence electrons. The van der Waals surface area contributed by atoms with Gasteiger partial charge in [0.2, 0.25) is 10.0 Å². The van der Waals surface area contributed by atoms with Gasteiger partial charge in [0.1, 0.15) is 17.7 Å². The molecule has 9 heteroatoms. The van der Waals surface area contributed by atoms with Crippen LogP contribution in [0.4, 0.5) is 5.69 Å². The standard InChI is InChI=1S/C15H12N4O4S/c16-8-10(9-17)14-12-7-11(1-2-13(12)18-15(14)20)24(21,22)19-3-5-23-6-4-19/h1-2,7H,3-6H2,(H,18,20). The van der Waals surface area contributed by atoms with Crippen LogP contribution in [0.15, 0.2) is 28.7 Å². The van der Waals surface area contributed by atoms with Gasteiger partial charge in [-0.3, -0.25) is 4.79 Å². The van der Waals surface area contributed by atoms with E-state index in [-0.39, 0.29) is 34.7 Å². The van der Waals surface area contributed by atoms with Gasteiger partial charge < -0.3 is 10.1 Å². The maximum Gasteiger partial charge on any atom is 0.258 e. The average molecular weight is 344 g/mol. The Morgan fingerprint density at radius 1 is 1.21 bits per heavy atom. The number of nitrogens with one attached hydrogen (secondary N) is 1. The minimum atomic E-state index is -3.74. The summed E-state index contributed by atoms with van der Waals surface area (Å²) in [5.41, 5.74) is 0.160. The van der Waals surface area contributed by atoms with E-state index in [4.69, 9.17) is 15.3 Å². The van der Waals surface area contributed by atoms with Gasteiger partial charge in [0, 0.05) is 24.3 Å². The average Bonchev–Trinajstić information content (AvgIpc) is 2.92. The van der Waals surface area contributed by atoms with E-state index in [0.717, 1.165) is 0 Å². The topological polar surface area (TPSA) is 123 Å². The summed E-state index contributed by atoms with van der Waals surface area (Å²) >= 11 is 0. The van der Waals surface area contributed by atoms with Crippen molar-refractivity contribution in [2.45, 2.75) is 4.90 Å². The Balaban J connectivity index is 2.10. The van der Waals surface area contributed by atoms with Crippen LogP contribution in [0, 0.1) is 22.7 Å². The molecule has 0 saturated carbocycles. The molecule has 1 N–H and O–H groups in total. The fourth-order valence-corrected chi connectivity index (χ4v) is 4.06. The molecule has 1 fully saturated rings. The number of hydrogen-bond acceptors (Lipinski definition) is 6. The van der Waals surface area contributed by atoms with Crippen LogP contribution in [0.2, 0.25) is 0 Å². The third kappa shape index (κ3) is 2.55. The van der Waals surface area contributed by atoms with E-state index in [1.807, 2.05) is 0 Å². The largest absolute Gasteiger partial charge is 0.379 e. The number of carbonyl (C=O) groups excluding carboxylic acids is 1. The number of amides is 1. The molecule has 0 aliphatic carbocycles. The van der Waals surface area contributed by atoms with Crippen LogP contribution in [0.25, 0.3) is 5.57 Å². The third-order valence-corrected chi connectivity index (χ3v) is 5.71. The zero-order valence-corrected chi connectivity index (χ0v) is 13.3. The lowest BCUT2D eigenvalue weighted by molar-refractivity contribution is -0.110. The monoisotopic (exact) mass is 344 g/mol. The van der Waals surface area contributed by atoms with E-state index >= 15 is 0 Å². The number of anilines is 1.